The maximum Gasteiger partial charge on any atom is 0.410 e. The summed E-state index contributed by atoms with van der Waals surface area (Å²) in [6.45, 7) is 10.8. The van der Waals surface area contributed by atoms with Crippen LogP contribution in [0.1, 0.15) is 38.6 Å². The Morgan fingerprint density at radius 1 is 1.43 bits per heavy atom. The largest absolute Gasteiger partial charge is 0.444 e. The normalized spacial score (nSPS) is 18.7. The lowest BCUT2D eigenvalue weighted by molar-refractivity contribution is 0.0293. The molecule has 1 aliphatic rings. The summed E-state index contributed by atoms with van der Waals surface area (Å²) in [4.78, 5) is 22.5. The van der Waals surface area contributed by atoms with Gasteiger partial charge in [-0.1, -0.05) is 0 Å². The van der Waals surface area contributed by atoms with Crippen LogP contribution >= 0.6 is 0 Å². The first-order valence-corrected chi connectivity index (χ1v) is 7.29. The fraction of sp³-hybridized carbons (Fsp3) is 0.667. The lowest BCUT2D eigenvalue weighted by Crippen LogP contribution is -2.36. The number of hydrogen-bond donors (Lipinski definition) is 1. The maximum atomic E-state index is 12.0. The van der Waals surface area contributed by atoms with E-state index < -0.39 is 5.60 Å². The van der Waals surface area contributed by atoms with Crippen LogP contribution in [0.15, 0.2) is 6.20 Å². The van der Waals surface area contributed by atoms with E-state index in [1.165, 1.54) is 0 Å². The van der Waals surface area contributed by atoms with Crippen LogP contribution in [-0.4, -0.2) is 45.7 Å². The summed E-state index contributed by atoms with van der Waals surface area (Å²) in [5, 5.41) is 3.37. The Morgan fingerprint density at radius 2 is 2.14 bits per heavy atom. The summed E-state index contributed by atoms with van der Waals surface area (Å²) >= 11 is 0. The van der Waals surface area contributed by atoms with Gasteiger partial charge in [0.2, 0.25) is 0 Å². The van der Waals surface area contributed by atoms with Crippen LogP contribution < -0.4 is 5.32 Å². The second-order valence-electron chi connectivity index (χ2n) is 6.50. The zero-order valence-electron chi connectivity index (χ0n) is 13.4. The van der Waals surface area contributed by atoms with Crippen LogP contribution in [0.25, 0.3) is 0 Å². The van der Waals surface area contributed by atoms with Gasteiger partial charge in [0.15, 0.2) is 0 Å². The highest BCUT2D eigenvalue weighted by molar-refractivity contribution is 5.68. The van der Waals surface area contributed by atoms with Gasteiger partial charge in [-0.3, -0.25) is 4.98 Å². The molecule has 0 radical (unpaired) electrons. The number of nitrogens with one attached hydrogen (secondary N) is 1. The molecule has 1 aliphatic heterocycles. The summed E-state index contributed by atoms with van der Waals surface area (Å²) in [5.74, 6) is 0.797. The predicted molar refractivity (Wildman–Crippen MR) is 81.3 cm³/mol. The SMILES string of the molecule is Cc1cnc(C)c(NC2CCN(C(=O)OC(C)(C)C)C2)n1. The Balaban J connectivity index is 1.93. The van der Waals surface area contributed by atoms with Gasteiger partial charge in [0.25, 0.3) is 0 Å². The van der Waals surface area contributed by atoms with Gasteiger partial charge < -0.3 is 15.0 Å². The van der Waals surface area contributed by atoms with Crippen molar-refractivity contribution in [3.05, 3.63) is 17.6 Å². The molecule has 1 saturated heterocycles. The topological polar surface area (TPSA) is 67.4 Å². The molecule has 1 fully saturated rings. The number of aromatic nitrogens is 2. The van der Waals surface area contributed by atoms with E-state index in [2.05, 4.69) is 15.3 Å². The first-order valence-electron chi connectivity index (χ1n) is 7.29. The molecule has 6 nitrogen and oxygen atoms in total. The number of aryl methyl sites for hydroxylation is 2. The Kier molecular flexibility index (Phi) is 4.34. The van der Waals surface area contributed by atoms with Crippen LogP contribution in [0, 0.1) is 13.8 Å². The van der Waals surface area contributed by atoms with E-state index in [-0.39, 0.29) is 12.1 Å². The molecule has 0 saturated carbocycles. The average molecular weight is 292 g/mol. The minimum atomic E-state index is -0.457. The molecule has 0 aliphatic carbocycles. The molecule has 0 bridgehead atoms. The number of carbonyl (C=O) groups excluding carboxylic acids is 1. The summed E-state index contributed by atoms with van der Waals surface area (Å²) < 4.78 is 5.39. The molecule has 1 aromatic heterocycles. The lowest BCUT2D eigenvalue weighted by Gasteiger charge is -2.24. The highest BCUT2D eigenvalue weighted by atomic mass is 16.6. The van der Waals surface area contributed by atoms with Gasteiger partial charge >= 0.3 is 6.09 Å². The minimum absolute atomic E-state index is 0.187. The third-order valence-electron chi connectivity index (χ3n) is 3.26. The summed E-state index contributed by atoms with van der Waals surface area (Å²) in [6.07, 6.45) is 2.38. The first kappa shape index (κ1) is 15.5. The fourth-order valence-corrected chi connectivity index (χ4v) is 2.24. The Morgan fingerprint density at radius 3 is 2.81 bits per heavy atom. The van der Waals surface area contributed by atoms with Gasteiger partial charge in [-0.15, -0.1) is 0 Å². The molecule has 1 aromatic rings. The summed E-state index contributed by atoms with van der Waals surface area (Å²) in [7, 11) is 0. The van der Waals surface area contributed by atoms with Crippen molar-refractivity contribution >= 4 is 11.9 Å². The Hall–Kier alpha value is -1.85. The Labute approximate surface area is 125 Å². The number of hydrogen-bond acceptors (Lipinski definition) is 5. The number of nitrogens with zero attached hydrogens (tertiary/aromatic N) is 3. The average Bonchev–Trinajstić information content (AvgIpc) is 2.80. The van der Waals surface area contributed by atoms with Gasteiger partial charge in [0, 0.05) is 25.3 Å². The van der Waals surface area contributed by atoms with Crippen molar-refractivity contribution < 1.29 is 9.53 Å². The van der Waals surface area contributed by atoms with Crippen LogP contribution in [0.2, 0.25) is 0 Å². The molecule has 2 rings (SSSR count). The number of carbonyl (C=O) groups is 1. The zero-order chi connectivity index (χ0) is 15.6. The second-order valence-corrected chi connectivity index (χ2v) is 6.50. The van der Waals surface area contributed by atoms with Gasteiger partial charge in [0.1, 0.15) is 11.4 Å². The first-order chi connectivity index (χ1) is 9.74. The number of amides is 1. The molecular formula is C15H24N4O2. The summed E-state index contributed by atoms with van der Waals surface area (Å²) in [6, 6.07) is 0.187. The predicted octanol–water partition coefficient (Wildman–Crippen LogP) is 2.51. The fourth-order valence-electron chi connectivity index (χ4n) is 2.24. The molecule has 0 aromatic carbocycles. The lowest BCUT2D eigenvalue weighted by atomic mass is 10.2. The molecule has 1 atom stereocenters. The molecule has 6 heteroatoms. The smallest absolute Gasteiger partial charge is 0.410 e. The van der Waals surface area contributed by atoms with Gasteiger partial charge in [-0.2, -0.15) is 0 Å². The van der Waals surface area contributed by atoms with E-state index >= 15 is 0 Å². The van der Waals surface area contributed by atoms with Gasteiger partial charge in [-0.05, 0) is 41.0 Å². The van der Waals surface area contributed by atoms with Crippen LogP contribution in [-0.2, 0) is 4.74 Å². The van der Waals surface area contributed by atoms with E-state index in [9.17, 15) is 4.79 Å². The Bertz CT molecular complexity index is 525. The molecule has 1 amide bonds. The van der Waals surface area contributed by atoms with E-state index in [0.717, 1.165) is 23.6 Å². The third kappa shape index (κ3) is 4.31. The van der Waals surface area contributed by atoms with Crippen molar-refractivity contribution in [3.8, 4) is 0 Å². The molecular weight excluding hydrogens is 268 g/mol. The van der Waals surface area contributed by atoms with Gasteiger partial charge in [-0.25, -0.2) is 9.78 Å². The van der Waals surface area contributed by atoms with Crippen LogP contribution in [0.5, 0.6) is 0 Å². The van der Waals surface area contributed by atoms with Gasteiger partial charge in [0.05, 0.1) is 11.4 Å². The molecule has 21 heavy (non-hydrogen) atoms. The van der Waals surface area contributed by atoms with Crippen molar-refractivity contribution in [2.45, 2.75) is 52.7 Å². The molecule has 0 spiro atoms. The quantitative estimate of drug-likeness (QED) is 0.907. The van der Waals surface area contributed by atoms with Crippen LogP contribution in [0.4, 0.5) is 10.6 Å². The van der Waals surface area contributed by atoms with E-state index in [1.807, 2.05) is 34.6 Å². The summed E-state index contributed by atoms with van der Waals surface area (Å²) in [5.41, 5.74) is 1.29. The maximum absolute atomic E-state index is 12.0. The van der Waals surface area contributed by atoms with Crippen molar-refractivity contribution in [2.24, 2.45) is 0 Å². The number of ether oxygens (including phenoxy) is 1. The van der Waals surface area contributed by atoms with Crippen LogP contribution in [0.3, 0.4) is 0 Å². The third-order valence-corrected chi connectivity index (χ3v) is 3.26. The molecule has 1 N–H and O–H groups in total. The number of likely N-dealkylation sites (tertiary alicyclic amines) is 1. The minimum Gasteiger partial charge on any atom is -0.444 e. The zero-order valence-corrected chi connectivity index (χ0v) is 13.4. The molecule has 1 unspecified atom stereocenters. The van der Waals surface area contributed by atoms with Crippen molar-refractivity contribution in [2.75, 3.05) is 18.4 Å². The van der Waals surface area contributed by atoms with E-state index in [0.29, 0.717) is 13.1 Å². The van der Waals surface area contributed by atoms with Crippen molar-refractivity contribution in [3.63, 3.8) is 0 Å². The van der Waals surface area contributed by atoms with E-state index in [1.54, 1.807) is 11.1 Å². The molecule has 2 heterocycles. The van der Waals surface area contributed by atoms with E-state index in [4.69, 9.17) is 4.74 Å². The van der Waals surface area contributed by atoms with Crippen molar-refractivity contribution in [1.29, 1.82) is 0 Å². The monoisotopic (exact) mass is 292 g/mol. The highest BCUT2D eigenvalue weighted by Gasteiger charge is 2.30. The number of rotatable bonds is 2. The number of anilines is 1. The highest BCUT2D eigenvalue weighted by Crippen LogP contribution is 2.19. The van der Waals surface area contributed by atoms with Crippen molar-refractivity contribution in [1.82, 2.24) is 14.9 Å². The second kappa shape index (κ2) is 5.87. The molecule has 116 valence electrons. The standard InChI is InChI=1S/C15H24N4O2/c1-10-8-16-11(2)13(17-10)18-12-6-7-19(9-12)14(20)21-15(3,4)5/h8,12H,6-7,9H2,1-5H3,(H,17,18).